The van der Waals surface area contributed by atoms with Crippen LogP contribution in [0.15, 0.2) is 4.99 Å². The molecule has 2 atom stereocenters. The molecule has 2 amide bonds. The molecule has 12 nitrogen and oxygen atoms in total. The number of hydrogen-bond donors (Lipinski definition) is 7. The summed E-state index contributed by atoms with van der Waals surface area (Å²) in [6, 6.07) is -2.47. The molecule has 0 rings (SSSR count). The van der Waals surface area contributed by atoms with E-state index in [1.807, 2.05) is 5.32 Å². The Labute approximate surface area is 137 Å². The molecule has 0 spiro atoms. The Hall–Kier alpha value is -2.89. The van der Waals surface area contributed by atoms with Crippen molar-refractivity contribution in [1.82, 2.24) is 10.6 Å². The molecular formula is C12H22N6O6. The Bertz CT molecular complexity index is 504. The second-order valence-electron chi connectivity index (χ2n) is 4.83. The number of nitrogens with two attached hydrogens (primary N) is 3. The molecule has 0 fully saturated rings. The number of rotatable bonds is 11. The topological polar surface area (TPSA) is 223 Å². The Kier molecular flexibility index (Phi) is 9.48. The molecule has 0 radical (unpaired) electrons. The van der Waals surface area contributed by atoms with Gasteiger partial charge in [0.15, 0.2) is 5.96 Å². The van der Waals surface area contributed by atoms with E-state index < -0.39 is 48.8 Å². The number of carbonyl (C=O) groups excluding carboxylic acids is 2. The van der Waals surface area contributed by atoms with Crippen LogP contribution in [0, 0.1) is 0 Å². The van der Waals surface area contributed by atoms with Crippen LogP contribution in [-0.2, 0) is 19.2 Å². The van der Waals surface area contributed by atoms with Gasteiger partial charge in [-0.2, -0.15) is 0 Å². The van der Waals surface area contributed by atoms with Gasteiger partial charge in [0.05, 0.1) is 19.0 Å². The van der Waals surface area contributed by atoms with Crippen LogP contribution in [0.3, 0.4) is 0 Å². The summed E-state index contributed by atoms with van der Waals surface area (Å²) in [4.78, 5) is 48.2. The number of amides is 2. The molecule has 0 saturated heterocycles. The van der Waals surface area contributed by atoms with Gasteiger partial charge in [-0.05, 0) is 12.8 Å². The fourth-order valence-corrected chi connectivity index (χ4v) is 1.57. The number of nitrogens with zero attached hydrogens (tertiary/aromatic N) is 1. The quantitative estimate of drug-likeness (QED) is 0.112. The van der Waals surface area contributed by atoms with Crippen molar-refractivity contribution in [2.24, 2.45) is 22.2 Å². The van der Waals surface area contributed by atoms with Crippen LogP contribution in [0.4, 0.5) is 0 Å². The predicted molar refractivity (Wildman–Crippen MR) is 82.7 cm³/mol. The predicted octanol–water partition coefficient (Wildman–Crippen LogP) is -3.47. The number of carbonyl (C=O) groups is 4. The third-order valence-electron chi connectivity index (χ3n) is 2.74. The molecule has 10 N–H and O–H groups in total. The summed E-state index contributed by atoms with van der Waals surface area (Å²) in [6.07, 6.45) is -0.0430. The van der Waals surface area contributed by atoms with E-state index in [1.165, 1.54) is 0 Å². The number of nitrogens with one attached hydrogen (secondary N) is 2. The number of hydrogen-bond acceptors (Lipinski definition) is 6. The highest BCUT2D eigenvalue weighted by molar-refractivity contribution is 5.90. The van der Waals surface area contributed by atoms with Crippen molar-refractivity contribution in [1.29, 1.82) is 0 Å². The first kappa shape index (κ1) is 21.1. The molecule has 0 saturated carbocycles. The van der Waals surface area contributed by atoms with Crippen molar-refractivity contribution in [2.75, 3.05) is 13.1 Å². The second-order valence-corrected chi connectivity index (χ2v) is 4.83. The van der Waals surface area contributed by atoms with Crippen LogP contribution in [0.2, 0.25) is 0 Å². The standard InChI is InChI=1S/C12H22N6O6/c13-6(2-1-3-16-12(14)15)10(22)17-5-8(19)18-7(11(23)24)4-9(20)21/h6-7H,1-5,13H2,(H,17,22)(H,18,19)(H,20,21)(H,23,24)(H4,14,15,16)/t6-,7?/m0/s1. The zero-order valence-corrected chi connectivity index (χ0v) is 12.9. The Morgan fingerprint density at radius 1 is 1.12 bits per heavy atom. The van der Waals surface area contributed by atoms with Gasteiger partial charge in [-0.15, -0.1) is 0 Å². The molecular weight excluding hydrogens is 324 g/mol. The Balaban J connectivity index is 4.19. The number of carboxylic acids is 2. The fraction of sp³-hybridized carbons (Fsp3) is 0.583. The molecule has 0 aliphatic heterocycles. The van der Waals surface area contributed by atoms with Gasteiger partial charge in [0, 0.05) is 6.54 Å². The highest BCUT2D eigenvalue weighted by Crippen LogP contribution is 1.96. The van der Waals surface area contributed by atoms with E-state index in [4.69, 9.17) is 27.4 Å². The van der Waals surface area contributed by atoms with E-state index in [0.29, 0.717) is 13.0 Å². The van der Waals surface area contributed by atoms with Crippen LogP contribution in [-0.4, -0.2) is 65.1 Å². The average Bonchev–Trinajstić information content (AvgIpc) is 2.47. The Morgan fingerprint density at radius 3 is 2.25 bits per heavy atom. The average molecular weight is 346 g/mol. The molecule has 1 unspecified atom stereocenters. The highest BCUT2D eigenvalue weighted by atomic mass is 16.4. The lowest BCUT2D eigenvalue weighted by atomic mass is 10.1. The summed E-state index contributed by atoms with van der Waals surface area (Å²) in [5.74, 6) is -4.40. The molecule has 0 aromatic heterocycles. The molecule has 0 aliphatic carbocycles. The third kappa shape index (κ3) is 9.94. The van der Waals surface area contributed by atoms with Gasteiger partial charge in [-0.3, -0.25) is 19.4 Å². The molecule has 0 aromatic carbocycles. The number of aliphatic carboxylic acids is 2. The van der Waals surface area contributed by atoms with Gasteiger partial charge in [-0.1, -0.05) is 0 Å². The van der Waals surface area contributed by atoms with Crippen molar-refractivity contribution in [3.05, 3.63) is 0 Å². The van der Waals surface area contributed by atoms with E-state index in [9.17, 15) is 19.2 Å². The number of aliphatic imine (C=N–C) groups is 1. The van der Waals surface area contributed by atoms with Crippen LogP contribution in [0.1, 0.15) is 19.3 Å². The lowest BCUT2D eigenvalue weighted by Gasteiger charge is -2.14. The van der Waals surface area contributed by atoms with Crippen molar-refractivity contribution >= 4 is 29.7 Å². The first-order valence-electron chi connectivity index (χ1n) is 6.96. The first-order chi connectivity index (χ1) is 11.1. The molecule has 0 heterocycles. The van der Waals surface area contributed by atoms with Gasteiger partial charge in [0.1, 0.15) is 6.04 Å². The summed E-state index contributed by atoms with van der Waals surface area (Å²) in [5, 5.41) is 21.5. The van der Waals surface area contributed by atoms with Gasteiger partial charge in [0.25, 0.3) is 0 Å². The van der Waals surface area contributed by atoms with E-state index in [2.05, 4.69) is 10.3 Å². The zero-order valence-electron chi connectivity index (χ0n) is 12.9. The van der Waals surface area contributed by atoms with Crippen molar-refractivity contribution in [3.8, 4) is 0 Å². The maximum atomic E-state index is 11.7. The fourth-order valence-electron chi connectivity index (χ4n) is 1.57. The molecule has 12 heteroatoms. The molecule has 0 bridgehead atoms. The van der Waals surface area contributed by atoms with Gasteiger partial charge in [0.2, 0.25) is 11.8 Å². The third-order valence-corrected chi connectivity index (χ3v) is 2.74. The largest absolute Gasteiger partial charge is 0.481 e. The number of carboxylic acid groups (broad SMARTS) is 2. The first-order valence-corrected chi connectivity index (χ1v) is 6.96. The van der Waals surface area contributed by atoms with E-state index in [0.717, 1.165) is 0 Å². The maximum Gasteiger partial charge on any atom is 0.326 e. The molecule has 0 aromatic rings. The summed E-state index contributed by atoms with van der Waals surface area (Å²) in [5.41, 5.74) is 15.9. The van der Waals surface area contributed by atoms with E-state index >= 15 is 0 Å². The second kappa shape index (κ2) is 10.8. The van der Waals surface area contributed by atoms with Crippen molar-refractivity contribution in [2.45, 2.75) is 31.3 Å². The molecule has 0 aliphatic rings. The summed E-state index contributed by atoms with van der Waals surface area (Å²) >= 11 is 0. The van der Waals surface area contributed by atoms with Crippen LogP contribution in [0.25, 0.3) is 0 Å². The van der Waals surface area contributed by atoms with Crippen molar-refractivity contribution in [3.63, 3.8) is 0 Å². The maximum absolute atomic E-state index is 11.7. The minimum atomic E-state index is -1.58. The van der Waals surface area contributed by atoms with Gasteiger partial charge in [-0.25, -0.2) is 4.79 Å². The van der Waals surface area contributed by atoms with Crippen LogP contribution < -0.4 is 27.8 Å². The molecule has 136 valence electrons. The molecule has 24 heavy (non-hydrogen) atoms. The minimum Gasteiger partial charge on any atom is -0.481 e. The van der Waals surface area contributed by atoms with Crippen molar-refractivity contribution < 1.29 is 29.4 Å². The van der Waals surface area contributed by atoms with Crippen LogP contribution >= 0.6 is 0 Å². The minimum absolute atomic E-state index is 0.0703. The Morgan fingerprint density at radius 2 is 1.75 bits per heavy atom. The monoisotopic (exact) mass is 346 g/mol. The zero-order chi connectivity index (χ0) is 18.7. The van der Waals surface area contributed by atoms with Gasteiger partial charge >= 0.3 is 11.9 Å². The lowest BCUT2D eigenvalue weighted by molar-refractivity contribution is -0.147. The SMILES string of the molecule is NC(N)=NCCC[C@H](N)C(=O)NCC(=O)NC(CC(=O)O)C(=O)O. The number of guanidine groups is 1. The normalized spacial score (nSPS) is 12.5. The lowest BCUT2D eigenvalue weighted by Crippen LogP contribution is -2.49. The summed E-state index contributed by atoms with van der Waals surface area (Å²) in [6.45, 7) is -0.219. The highest BCUT2D eigenvalue weighted by Gasteiger charge is 2.23. The smallest absolute Gasteiger partial charge is 0.326 e. The van der Waals surface area contributed by atoms with E-state index in [-0.39, 0.29) is 12.4 Å². The van der Waals surface area contributed by atoms with Gasteiger partial charge < -0.3 is 38.0 Å². The van der Waals surface area contributed by atoms with E-state index in [1.54, 1.807) is 0 Å². The van der Waals surface area contributed by atoms with Crippen LogP contribution in [0.5, 0.6) is 0 Å². The summed E-state index contributed by atoms with van der Waals surface area (Å²) < 4.78 is 0. The summed E-state index contributed by atoms with van der Waals surface area (Å²) in [7, 11) is 0.